The van der Waals surface area contributed by atoms with Crippen molar-refractivity contribution >= 4 is 22.9 Å². The Morgan fingerprint density at radius 3 is 2.58 bits per heavy atom. The summed E-state index contributed by atoms with van der Waals surface area (Å²) >= 11 is 0. The molecular formula is C13H12N6. The van der Waals surface area contributed by atoms with Crippen molar-refractivity contribution in [1.82, 2.24) is 19.9 Å². The molecule has 0 aliphatic rings. The number of hydrogen-bond donors (Lipinski definition) is 2. The van der Waals surface area contributed by atoms with Crippen LogP contribution in [0.4, 0.5) is 11.8 Å². The molecule has 0 amide bonds. The van der Waals surface area contributed by atoms with Crippen molar-refractivity contribution in [2.75, 3.05) is 11.5 Å². The highest BCUT2D eigenvalue weighted by Gasteiger charge is 2.09. The van der Waals surface area contributed by atoms with Crippen LogP contribution >= 0.6 is 0 Å². The van der Waals surface area contributed by atoms with Gasteiger partial charge in [-0.3, -0.25) is 0 Å². The minimum absolute atomic E-state index is 0.0999. The van der Waals surface area contributed by atoms with Crippen molar-refractivity contribution in [1.29, 1.82) is 0 Å². The molecule has 1 aromatic carbocycles. The van der Waals surface area contributed by atoms with E-state index in [-0.39, 0.29) is 11.8 Å². The van der Waals surface area contributed by atoms with Crippen LogP contribution in [0.3, 0.4) is 0 Å². The van der Waals surface area contributed by atoms with Crippen molar-refractivity contribution in [2.24, 2.45) is 0 Å². The van der Waals surface area contributed by atoms with Crippen molar-refractivity contribution in [2.45, 2.75) is 6.92 Å². The van der Waals surface area contributed by atoms with E-state index in [2.05, 4.69) is 19.9 Å². The van der Waals surface area contributed by atoms with Gasteiger partial charge in [0.1, 0.15) is 0 Å². The van der Waals surface area contributed by atoms with Gasteiger partial charge in [0.15, 0.2) is 17.0 Å². The Hall–Kier alpha value is -2.76. The third-order valence-corrected chi connectivity index (χ3v) is 2.87. The standard InChI is InChI=1S/C13H12N6/c1-7-4-2-3-5-8(7)9-6-16-12-10(17-9)11(14)18-13(15)19-12/h2-6H,1H3,(H4,14,15,16,18,19). The Morgan fingerprint density at radius 2 is 1.79 bits per heavy atom. The molecule has 0 radical (unpaired) electrons. The van der Waals surface area contributed by atoms with Crippen molar-refractivity contribution < 1.29 is 0 Å². The first-order valence-electron chi connectivity index (χ1n) is 5.77. The second kappa shape index (κ2) is 4.16. The van der Waals surface area contributed by atoms with Gasteiger partial charge in [-0.05, 0) is 12.5 Å². The summed E-state index contributed by atoms with van der Waals surface area (Å²) in [7, 11) is 0. The van der Waals surface area contributed by atoms with Gasteiger partial charge >= 0.3 is 0 Å². The summed E-state index contributed by atoms with van der Waals surface area (Å²) in [6.45, 7) is 2.02. The van der Waals surface area contributed by atoms with E-state index in [9.17, 15) is 0 Å². The lowest BCUT2D eigenvalue weighted by molar-refractivity contribution is 1.16. The SMILES string of the molecule is Cc1ccccc1-c1cnc2nc(N)nc(N)c2n1. The molecule has 2 aromatic heterocycles. The summed E-state index contributed by atoms with van der Waals surface area (Å²) in [6.07, 6.45) is 1.66. The Kier molecular flexibility index (Phi) is 2.49. The molecular weight excluding hydrogens is 240 g/mol. The highest BCUT2D eigenvalue weighted by atomic mass is 15.1. The number of aryl methyl sites for hydroxylation is 1. The van der Waals surface area contributed by atoms with Gasteiger partial charge in [0.05, 0.1) is 11.9 Å². The number of aromatic nitrogens is 4. The molecule has 2 heterocycles. The number of benzene rings is 1. The third kappa shape index (κ3) is 1.93. The van der Waals surface area contributed by atoms with Gasteiger partial charge < -0.3 is 11.5 Å². The van der Waals surface area contributed by atoms with E-state index in [0.717, 1.165) is 16.8 Å². The fourth-order valence-corrected chi connectivity index (χ4v) is 1.94. The van der Waals surface area contributed by atoms with E-state index >= 15 is 0 Å². The summed E-state index contributed by atoms with van der Waals surface area (Å²) in [5.41, 5.74) is 15.1. The number of rotatable bonds is 1. The average molecular weight is 252 g/mol. The molecule has 6 nitrogen and oxygen atoms in total. The quantitative estimate of drug-likeness (QED) is 0.681. The zero-order chi connectivity index (χ0) is 13.4. The van der Waals surface area contributed by atoms with E-state index in [4.69, 9.17) is 11.5 Å². The summed E-state index contributed by atoms with van der Waals surface area (Å²) in [5.74, 6) is 0.341. The van der Waals surface area contributed by atoms with E-state index in [1.165, 1.54) is 0 Å². The summed E-state index contributed by atoms with van der Waals surface area (Å²) in [4.78, 5) is 16.6. The van der Waals surface area contributed by atoms with E-state index in [1.54, 1.807) is 6.20 Å². The van der Waals surface area contributed by atoms with E-state index < -0.39 is 0 Å². The fourth-order valence-electron chi connectivity index (χ4n) is 1.94. The fraction of sp³-hybridized carbons (Fsp3) is 0.0769. The van der Waals surface area contributed by atoms with Crippen LogP contribution in [0.2, 0.25) is 0 Å². The number of hydrogen-bond acceptors (Lipinski definition) is 6. The smallest absolute Gasteiger partial charge is 0.224 e. The molecule has 0 spiro atoms. The molecule has 0 saturated heterocycles. The molecule has 0 unspecified atom stereocenters. The number of anilines is 2. The molecule has 0 fully saturated rings. The van der Waals surface area contributed by atoms with Crippen LogP contribution in [0, 0.1) is 6.92 Å². The average Bonchev–Trinajstić information content (AvgIpc) is 2.39. The maximum absolute atomic E-state index is 5.81. The van der Waals surface area contributed by atoms with E-state index in [0.29, 0.717) is 11.2 Å². The Morgan fingerprint density at radius 1 is 1.00 bits per heavy atom. The molecule has 4 N–H and O–H groups in total. The molecule has 3 aromatic rings. The highest BCUT2D eigenvalue weighted by molar-refractivity contribution is 5.83. The third-order valence-electron chi connectivity index (χ3n) is 2.87. The lowest BCUT2D eigenvalue weighted by Crippen LogP contribution is -2.03. The Bertz CT molecular complexity index is 768. The summed E-state index contributed by atoms with van der Waals surface area (Å²) in [6, 6.07) is 7.94. The number of nitrogens with two attached hydrogens (primary N) is 2. The summed E-state index contributed by atoms with van der Waals surface area (Å²) < 4.78 is 0. The maximum Gasteiger partial charge on any atom is 0.224 e. The molecule has 94 valence electrons. The van der Waals surface area contributed by atoms with Crippen LogP contribution in [-0.2, 0) is 0 Å². The first-order chi connectivity index (χ1) is 9.15. The topological polar surface area (TPSA) is 104 Å². The predicted molar refractivity (Wildman–Crippen MR) is 74.1 cm³/mol. The summed E-state index contributed by atoms with van der Waals surface area (Å²) in [5, 5.41) is 0. The lowest BCUT2D eigenvalue weighted by Gasteiger charge is -2.06. The molecule has 0 bridgehead atoms. The monoisotopic (exact) mass is 252 g/mol. The van der Waals surface area contributed by atoms with E-state index in [1.807, 2.05) is 31.2 Å². The number of nitrogen functional groups attached to an aromatic ring is 2. The molecule has 19 heavy (non-hydrogen) atoms. The van der Waals surface area contributed by atoms with Crippen LogP contribution in [-0.4, -0.2) is 19.9 Å². The minimum atomic E-state index is 0.0999. The number of fused-ring (bicyclic) bond motifs is 1. The first kappa shape index (κ1) is 11.3. The van der Waals surface area contributed by atoms with Crippen LogP contribution in [0.1, 0.15) is 5.56 Å². The van der Waals surface area contributed by atoms with Crippen LogP contribution in [0.15, 0.2) is 30.5 Å². The van der Waals surface area contributed by atoms with Gasteiger partial charge in [-0.25, -0.2) is 9.97 Å². The van der Waals surface area contributed by atoms with Crippen LogP contribution in [0.25, 0.3) is 22.4 Å². The highest BCUT2D eigenvalue weighted by Crippen LogP contribution is 2.23. The van der Waals surface area contributed by atoms with Gasteiger partial charge in [-0.2, -0.15) is 9.97 Å². The van der Waals surface area contributed by atoms with Gasteiger partial charge in [0, 0.05) is 5.56 Å². The van der Waals surface area contributed by atoms with Crippen molar-refractivity contribution in [3.05, 3.63) is 36.0 Å². The van der Waals surface area contributed by atoms with Crippen LogP contribution < -0.4 is 11.5 Å². The van der Waals surface area contributed by atoms with Crippen molar-refractivity contribution in [3.8, 4) is 11.3 Å². The zero-order valence-corrected chi connectivity index (χ0v) is 10.3. The van der Waals surface area contributed by atoms with Gasteiger partial charge in [-0.1, -0.05) is 24.3 Å². The van der Waals surface area contributed by atoms with Crippen LogP contribution in [0.5, 0.6) is 0 Å². The molecule has 0 aliphatic heterocycles. The van der Waals surface area contributed by atoms with Crippen molar-refractivity contribution in [3.63, 3.8) is 0 Å². The van der Waals surface area contributed by atoms with Gasteiger partial charge in [0.2, 0.25) is 5.95 Å². The molecule has 0 atom stereocenters. The predicted octanol–water partition coefficient (Wildman–Crippen LogP) is 1.56. The molecule has 0 saturated carbocycles. The minimum Gasteiger partial charge on any atom is -0.382 e. The molecule has 6 heteroatoms. The van der Waals surface area contributed by atoms with Gasteiger partial charge in [0.25, 0.3) is 0 Å². The Labute approximate surface area is 109 Å². The normalized spacial score (nSPS) is 10.8. The largest absolute Gasteiger partial charge is 0.382 e. The number of nitrogens with zero attached hydrogens (tertiary/aromatic N) is 4. The lowest BCUT2D eigenvalue weighted by atomic mass is 10.1. The molecule has 0 aliphatic carbocycles. The maximum atomic E-state index is 5.81. The Balaban J connectivity index is 2.25. The zero-order valence-electron chi connectivity index (χ0n) is 10.3. The molecule has 3 rings (SSSR count). The second-order valence-electron chi connectivity index (χ2n) is 4.21. The second-order valence-corrected chi connectivity index (χ2v) is 4.21. The first-order valence-corrected chi connectivity index (χ1v) is 5.77. The van der Waals surface area contributed by atoms with Gasteiger partial charge in [-0.15, -0.1) is 0 Å².